The highest BCUT2D eigenvalue weighted by Crippen LogP contribution is 2.32. The van der Waals surface area contributed by atoms with Crippen LogP contribution in [-0.4, -0.2) is 23.7 Å². The zero-order valence-corrected chi connectivity index (χ0v) is 11.5. The van der Waals surface area contributed by atoms with Crippen molar-refractivity contribution in [3.8, 4) is 0 Å². The van der Waals surface area contributed by atoms with Crippen molar-refractivity contribution < 1.29 is 9.90 Å². The van der Waals surface area contributed by atoms with Crippen molar-refractivity contribution in [2.45, 2.75) is 18.9 Å². The van der Waals surface area contributed by atoms with Gasteiger partial charge in [0.25, 0.3) is 5.91 Å². The number of aliphatic hydroxyl groups is 1. The number of halogens is 2. The summed E-state index contributed by atoms with van der Waals surface area (Å²) in [4.78, 5) is 11.8. The van der Waals surface area contributed by atoms with E-state index in [0.717, 1.165) is 12.8 Å². The van der Waals surface area contributed by atoms with Gasteiger partial charge in [0, 0.05) is 16.6 Å². The molecule has 0 radical (unpaired) electrons. The van der Waals surface area contributed by atoms with E-state index in [9.17, 15) is 9.90 Å². The molecule has 2 N–H and O–H groups in total. The van der Waals surface area contributed by atoms with Crippen LogP contribution in [0.3, 0.4) is 0 Å². The van der Waals surface area contributed by atoms with Crippen LogP contribution in [0.15, 0.2) is 22.7 Å². The number of hydrogen-bond donors (Lipinski definition) is 2. The highest BCUT2D eigenvalue weighted by Gasteiger charge is 2.29. The standard InChI is InChI=1S/C12H13BrClNO2/c13-9-5-8(3-4-10(9)14)12(17)15-6-11(16)7-1-2-7/h3-5,7,11,16H,1-2,6H2,(H,15,17). The molecule has 92 valence electrons. The van der Waals surface area contributed by atoms with Crippen LogP contribution in [0, 0.1) is 5.92 Å². The minimum absolute atomic E-state index is 0.193. The molecule has 1 amide bonds. The zero-order chi connectivity index (χ0) is 12.4. The summed E-state index contributed by atoms with van der Waals surface area (Å²) in [7, 11) is 0. The third-order valence-corrected chi connectivity index (χ3v) is 4.03. The van der Waals surface area contributed by atoms with E-state index in [-0.39, 0.29) is 5.91 Å². The fourth-order valence-electron chi connectivity index (χ4n) is 1.58. The molecular formula is C12H13BrClNO2. The van der Waals surface area contributed by atoms with Crippen molar-refractivity contribution in [2.24, 2.45) is 5.92 Å². The highest BCUT2D eigenvalue weighted by atomic mass is 79.9. The summed E-state index contributed by atoms with van der Waals surface area (Å²) in [6.45, 7) is 0.309. The third-order valence-electron chi connectivity index (χ3n) is 2.82. The lowest BCUT2D eigenvalue weighted by atomic mass is 10.2. The summed E-state index contributed by atoms with van der Waals surface area (Å²) in [5, 5.41) is 12.9. The van der Waals surface area contributed by atoms with Gasteiger partial charge in [-0.2, -0.15) is 0 Å². The average molecular weight is 319 g/mol. The van der Waals surface area contributed by atoms with Gasteiger partial charge in [-0.15, -0.1) is 0 Å². The second-order valence-corrected chi connectivity index (χ2v) is 5.51. The number of carbonyl (C=O) groups excluding carboxylic acids is 1. The molecule has 0 spiro atoms. The van der Waals surface area contributed by atoms with Gasteiger partial charge in [-0.1, -0.05) is 11.6 Å². The zero-order valence-electron chi connectivity index (χ0n) is 9.12. The molecule has 1 aromatic carbocycles. The van der Waals surface area contributed by atoms with Crippen LogP contribution in [0.2, 0.25) is 5.02 Å². The number of amides is 1. The second kappa shape index (κ2) is 5.38. The van der Waals surface area contributed by atoms with Gasteiger partial charge in [-0.3, -0.25) is 4.79 Å². The highest BCUT2D eigenvalue weighted by molar-refractivity contribution is 9.10. The molecule has 1 aromatic rings. The summed E-state index contributed by atoms with van der Waals surface area (Å²) >= 11 is 9.11. The first-order valence-corrected chi connectivity index (χ1v) is 6.66. The van der Waals surface area contributed by atoms with Crippen LogP contribution in [-0.2, 0) is 0 Å². The molecular weight excluding hydrogens is 305 g/mol. The Morgan fingerprint density at radius 2 is 2.29 bits per heavy atom. The van der Waals surface area contributed by atoms with Gasteiger partial charge in [0.05, 0.1) is 11.1 Å². The Morgan fingerprint density at radius 1 is 1.59 bits per heavy atom. The van der Waals surface area contributed by atoms with Crippen LogP contribution >= 0.6 is 27.5 Å². The molecule has 1 saturated carbocycles. The molecule has 1 fully saturated rings. The fraction of sp³-hybridized carbons (Fsp3) is 0.417. The topological polar surface area (TPSA) is 49.3 Å². The van der Waals surface area contributed by atoms with Crippen LogP contribution in [0.4, 0.5) is 0 Å². The first-order chi connectivity index (χ1) is 8.08. The predicted molar refractivity (Wildman–Crippen MR) is 70.2 cm³/mol. The van der Waals surface area contributed by atoms with E-state index in [1.54, 1.807) is 18.2 Å². The number of rotatable bonds is 4. The Balaban J connectivity index is 1.92. The smallest absolute Gasteiger partial charge is 0.251 e. The first-order valence-electron chi connectivity index (χ1n) is 5.49. The van der Waals surface area contributed by atoms with Gasteiger partial charge in [0.2, 0.25) is 0 Å². The molecule has 17 heavy (non-hydrogen) atoms. The van der Waals surface area contributed by atoms with Crippen molar-refractivity contribution in [1.29, 1.82) is 0 Å². The molecule has 0 saturated heterocycles. The lowest BCUT2D eigenvalue weighted by molar-refractivity contribution is 0.0901. The van der Waals surface area contributed by atoms with Gasteiger partial charge in [0.1, 0.15) is 0 Å². The van der Waals surface area contributed by atoms with Crippen molar-refractivity contribution in [2.75, 3.05) is 6.54 Å². The summed E-state index contributed by atoms with van der Waals surface area (Å²) in [5.41, 5.74) is 0.532. The molecule has 0 heterocycles. The van der Waals surface area contributed by atoms with Crippen LogP contribution in [0.5, 0.6) is 0 Å². The Hall–Kier alpha value is -0.580. The largest absolute Gasteiger partial charge is 0.391 e. The molecule has 5 heteroatoms. The SMILES string of the molecule is O=C(NCC(O)C1CC1)c1ccc(Cl)c(Br)c1. The van der Waals surface area contributed by atoms with Gasteiger partial charge in [-0.25, -0.2) is 0 Å². The number of hydrogen-bond acceptors (Lipinski definition) is 2. The van der Waals surface area contributed by atoms with E-state index in [0.29, 0.717) is 27.5 Å². The molecule has 1 atom stereocenters. The fourth-order valence-corrected chi connectivity index (χ4v) is 2.08. The van der Waals surface area contributed by atoms with Crippen molar-refractivity contribution in [3.05, 3.63) is 33.3 Å². The van der Waals surface area contributed by atoms with E-state index in [1.165, 1.54) is 0 Å². The number of benzene rings is 1. The maximum Gasteiger partial charge on any atom is 0.251 e. The minimum atomic E-state index is -0.422. The van der Waals surface area contributed by atoms with Gasteiger partial charge in [0.15, 0.2) is 0 Å². The minimum Gasteiger partial charge on any atom is -0.391 e. The van der Waals surface area contributed by atoms with Crippen LogP contribution in [0.1, 0.15) is 23.2 Å². The lowest BCUT2D eigenvalue weighted by Crippen LogP contribution is -2.33. The van der Waals surface area contributed by atoms with E-state index >= 15 is 0 Å². The van der Waals surface area contributed by atoms with Crippen LogP contribution < -0.4 is 5.32 Å². The third kappa shape index (κ3) is 3.44. The Labute approximate surface area is 113 Å². The quantitative estimate of drug-likeness (QED) is 0.896. The molecule has 0 bridgehead atoms. The molecule has 1 unspecified atom stereocenters. The predicted octanol–water partition coefficient (Wildman–Crippen LogP) is 2.60. The summed E-state index contributed by atoms with van der Waals surface area (Å²) < 4.78 is 0.689. The Bertz CT molecular complexity index is 435. The molecule has 1 aliphatic rings. The van der Waals surface area contributed by atoms with Crippen molar-refractivity contribution in [1.82, 2.24) is 5.32 Å². The van der Waals surface area contributed by atoms with E-state index < -0.39 is 6.10 Å². The number of carbonyl (C=O) groups is 1. The Kier molecular flexibility index (Phi) is 4.07. The summed E-state index contributed by atoms with van der Waals surface area (Å²) in [6, 6.07) is 4.99. The molecule has 3 nitrogen and oxygen atoms in total. The molecule has 0 aromatic heterocycles. The second-order valence-electron chi connectivity index (χ2n) is 4.24. The molecule has 1 aliphatic carbocycles. The van der Waals surface area contributed by atoms with E-state index in [2.05, 4.69) is 21.2 Å². The average Bonchev–Trinajstić information content (AvgIpc) is 3.13. The van der Waals surface area contributed by atoms with Gasteiger partial charge < -0.3 is 10.4 Å². The maximum absolute atomic E-state index is 11.8. The van der Waals surface area contributed by atoms with Gasteiger partial charge in [-0.05, 0) is 52.9 Å². The van der Waals surface area contributed by atoms with E-state index in [4.69, 9.17) is 11.6 Å². The summed E-state index contributed by atoms with van der Waals surface area (Å²) in [6.07, 6.45) is 1.70. The summed E-state index contributed by atoms with van der Waals surface area (Å²) in [5.74, 6) is 0.175. The van der Waals surface area contributed by atoms with Crippen LogP contribution in [0.25, 0.3) is 0 Å². The number of nitrogens with one attached hydrogen (secondary N) is 1. The Morgan fingerprint density at radius 3 is 2.88 bits per heavy atom. The van der Waals surface area contributed by atoms with Crippen molar-refractivity contribution in [3.63, 3.8) is 0 Å². The monoisotopic (exact) mass is 317 g/mol. The van der Waals surface area contributed by atoms with Gasteiger partial charge >= 0.3 is 0 Å². The molecule has 0 aliphatic heterocycles. The lowest BCUT2D eigenvalue weighted by Gasteiger charge is -2.10. The first kappa shape index (κ1) is 12.9. The number of aliphatic hydroxyl groups excluding tert-OH is 1. The van der Waals surface area contributed by atoms with Crippen molar-refractivity contribution >= 4 is 33.4 Å². The maximum atomic E-state index is 11.8. The normalized spacial score (nSPS) is 16.6. The molecule has 2 rings (SSSR count). The van der Waals surface area contributed by atoms with E-state index in [1.807, 2.05) is 0 Å².